The van der Waals surface area contributed by atoms with Crippen molar-refractivity contribution in [2.24, 2.45) is 0 Å². The quantitative estimate of drug-likeness (QED) is 0.848. The van der Waals surface area contributed by atoms with Crippen molar-refractivity contribution in [2.45, 2.75) is 5.92 Å². The fourth-order valence-electron chi connectivity index (χ4n) is 1.84. The van der Waals surface area contributed by atoms with Gasteiger partial charge in [0.25, 0.3) is 0 Å². The highest BCUT2D eigenvalue weighted by atomic mass is 19.1. The Balaban J connectivity index is 2.52. The van der Waals surface area contributed by atoms with Crippen molar-refractivity contribution >= 4 is 6.29 Å². The van der Waals surface area contributed by atoms with E-state index in [9.17, 15) is 18.7 Å². The minimum atomic E-state index is -0.892. The summed E-state index contributed by atoms with van der Waals surface area (Å²) in [6, 6.07) is 9.09. The molecule has 18 heavy (non-hydrogen) atoms. The van der Waals surface area contributed by atoms with E-state index in [0.29, 0.717) is 11.8 Å². The van der Waals surface area contributed by atoms with Crippen molar-refractivity contribution in [3.05, 3.63) is 65.2 Å². The van der Waals surface area contributed by atoms with Crippen LogP contribution in [0.5, 0.6) is 5.75 Å². The van der Waals surface area contributed by atoms with Crippen LogP contribution in [-0.4, -0.2) is 11.4 Å². The van der Waals surface area contributed by atoms with Gasteiger partial charge in [0.2, 0.25) is 0 Å². The molecule has 0 saturated heterocycles. The summed E-state index contributed by atoms with van der Waals surface area (Å²) in [5.41, 5.74) is 0.488. The number of aldehydes is 1. The Labute approximate surface area is 103 Å². The number of benzene rings is 2. The number of phenols is 1. The molecule has 0 bridgehead atoms. The lowest BCUT2D eigenvalue weighted by Gasteiger charge is -2.13. The van der Waals surface area contributed by atoms with E-state index in [-0.39, 0.29) is 11.3 Å². The van der Waals surface area contributed by atoms with E-state index in [1.165, 1.54) is 12.1 Å². The molecule has 0 saturated carbocycles. The number of hydrogen-bond acceptors (Lipinski definition) is 2. The Morgan fingerprint density at radius 1 is 1.06 bits per heavy atom. The van der Waals surface area contributed by atoms with Gasteiger partial charge in [0.05, 0.1) is 5.92 Å². The van der Waals surface area contributed by atoms with Crippen molar-refractivity contribution in [3.8, 4) is 5.75 Å². The van der Waals surface area contributed by atoms with Crippen LogP contribution in [0.4, 0.5) is 8.78 Å². The maximum Gasteiger partial charge on any atom is 0.131 e. The second-order valence-electron chi connectivity index (χ2n) is 3.88. The molecule has 0 aliphatic carbocycles. The Kier molecular flexibility index (Phi) is 3.37. The minimum absolute atomic E-state index is 0.0840. The highest BCUT2D eigenvalue weighted by molar-refractivity contribution is 5.70. The van der Waals surface area contributed by atoms with E-state index in [1.54, 1.807) is 12.1 Å². The van der Waals surface area contributed by atoms with E-state index < -0.39 is 17.6 Å². The van der Waals surface area contributed by atoms with Crippen LogP contribution >= 0.6 is 0 Å². The first-order valence-corrected chi connectivity index (χ1v) is 5.31. The number of carbonyl (C=O) groups is 1. The van der Waals surface area contributed by atoms with Gasteiger partial charge in [0.15, 0.2) is 0 Å². The van der Waals surface area contributed by atoms with Gasteiger partial charge in [0, 0.05) is 11.6 Å². The van der Waals surface area contributed by atoms with E-state index >= 15 is 0 Å². The summed E-state index contributed by atoms with van der Waals surface area (Å²) >= 11 is 0. The standard InChI is InChI=1S/C14H10F2O2/c15-10-5-9(6-11(16)7-10)13(8-17)12-3-1-2-4-14(12)18/h1-8,13,18H. The number of carbonyl (C=O) groups excluding carboxylic acids is 1. The van der Waals surface area contributed by atoms with Gasteiger partial charge in [-0.25, -0.2) is 8.78 Å². The summed E-state index contributed by atoms with van der Waals surface area (Å²) < 4.78 is 26.2. The highest BCUT2D eigenvalue weighted by Crippen LogP contribution is 2.30. The molecule has 4 heteroatoms. The first kappa shape index (κ1) is 12.2. The third kappa shape index (κ3) is 2.37. The second kappa shape index (κ2) is 4.96. The third-order valence-electron chi connectivity index (χ3n) is 2.65. The van der Waals surface area contributed by atoms with Gasteiger partial charge in [0.1, 0.15) is 23.7 Å². The summed E-state index contributed by atoms with van der Waals surface area (Å²) in [4.78, 5) is 11.1. The first-order valence-electron chi connectivity index (χ1n) is 5.31. The molecule has 2 nitrogen and oxygen atoms in total. The van der Waals surface area contributed by atoms with Gasteiger partial charge in [-0.05, 0) is 23.8 Å². The number of para-hydroxylation sites is 1. The largest absolute Gasteiger partial charge is 0.508 e. The van der Waals surface area contributed by atoms with Gasteiger partial charge >= 0.3 is 0 Å². The highest BCUT2D eigenvalue weighted by Gasteiger charge is 2.18. The molecule has 0 aliphatic heterocycles. The normalized spacial score (nSPS) is 12.1. The van der Waals surface area contributed by atoms with Crippen molar-refractivity contribution in [1.29, 1.82) is 0 Å². The Bertz CT molecular complexity index is 562. The molecule has 92 valence electrons. The van der Waals surface area contributed by atoms with Crippen LogP contribution in [0, 0.1) is 11.6 Å². The van der Waals surface area contributed by atoms with Crippen molar-refractivity contribution in [3.63, 3.8) is 0 Å². The summed E-state index contributed by atoms with van der Waals surface area (Å²) in [5, 5.41) is 9.67. The maximum absolute atomic E-state index is 13.1. The molecule has 0 amide bonds. The van der Waals surface area contributed by atoms with Crippen LogP contribution in [0.25, 0.3) is 0 Å². The SMILES string of the molecule is O=CC(c1cc(F)cc(F)c1)c1ccccc1O. The zero-order chi connectivity index (χ0) is 13.1. The molecule has 0 fully saturated rings. The molecule has 0 radical (unpaired) electrons. The molecule has 1 unspecified atom stereocenters. The molecule has 1 atom stereocenters. The summed E-state index contributed by atoms with van der Waals surface area (Å²) in [6.07, 6.45) is 0.545. The molecular formula is C14H10F2O2. The monoisotopic (exact) mass is 248 g/mol. The Morgan fingerprint density at radius 2 is 1.67 bits per heavy atom. The van der Waals surface area contributed by atoms with Gasteiger partial charge in [-0.15, -0.1) is 0 Å². The fraction of sp³-hybridized carbons (Fsp3) is 0.0714. The summed E-state index contributed by atoms with van der Waals surface area (Å²) in [5.74, 6) is -2.49. The number of phenolic OH excluding ortho intramolecular Hbond substituents is 1. The van der Waals surface area contributed by atoms with E-state index in [1.807, 2.05) is 0 Å². The average molecular weight is 248 g/mol. The molecule has 2 aromatic rings. The van der Waals surface area contributed by atoms with Crippen LogP contribution in [0.15, 0.2) is 42.5 Å². The van der Waals surface area contributed by atoms with Crippen LogP contribution < -0.4 is 0 Å². The summed E-state index contributed by atoms with van der Waals surface area (Å²) in [6.45, 7) is 0. The van der Waals surface area contributed by atoms with Crippen molar-refractivity contribution < 1.29 is 18.7 Å². The number of halogens is 2. The van der Waals surface area contributed by atoms with Crippen LogP contribution in [0.1, 0.15) is 17.0 Å². The lowest BCUT2D eigenvalue weighted by atomic mass is 9.92. The zero-order valence-corrected chi connectivity index (χ0v) is 9.31. The summed E-state index contributed by atoms with van der Waals surface area (Å²) in [7, 11) is 0. The van der Waals surface area contributed by atoms with Crippen molar-refractivity contribution in [2.75, 3.05) is 0 Å². The smallest absolute Gasteiger partial charge is 0.131 e. The minimum Gasteiger partial charge on any atom is -0.508 e. The lowest BCUT2D eigenvalue weighted by Crippen LogP contribution is -2.04. The van der Waals surface area contributed by atoms with Crippen molar-refractivity contribution in [1.82, 2.24) is 0 Å². The molecule has 0 aliphatic rings. The van der Waals surface area contributed by atoms with E-state index in [0.717, 1.165) is 18.2 Å². The van der Waals surface area contributed by atoms with E-state index in [4.69, 9.17) is 0 Å². The van der Waals surface area contributed by atoms with Gasteiger partial charge in [-0.2, -0.15) is 0 Å². The molecule has 0 aromatic heterocycles. The van der Waals surface area contributed by atoms with E-state index in [2.05, 4.69) is 0 Å². The molecular weight excluding hydrogens is 238 g/mol. The predicted octanol–water partition coefficient (Wildman–Crippen LogP) is 3.00. The van der Waals surface area contributed by atoms with Crippen LogP contribution in [0.3, 0.4) is 0 Å². The predicted molar refractivity (Wildman–Crippen MR) is 62.4 cm³/mol. The topological polar surface area (TPSA) is 37.3 Å². The molecule has 0 spiro atoms. The first-order chi connectivity index (χ1) is 8.61. The molecule has 1 N–H and O–H groups in total. The average Bonchev–Trinajstić information content (AvgIpc) is 2.31. The Hall–Kier alpha value is -2.23. The fourth-order valence-corrected chi connectivity index (χ4v) is 1.84. The van der Waals surface area contributed by atoms with Gasteiger partial charge in [-0.1, -0.05) is 18.2 Å². The second-order valence-corrected chi connectivity index (χ2v) is 3.88. The molecule has 2 aromatic carbocycles. The van der Waals surface area contributed by atoms with Crippen LogP contribution in [-0.2, 0) is 4.79 Å². The Morgan fingerprint density at radius 3 is 2.22 bits per heavy atom. The zero-order valence-electron chi connectivity index (χ0n) is 9.31. The maximum atomic E-state index is 13.1. The third-order valence-corrected chi connectivity index (χ3v) is 2.65. The number of hydrogen-bond donors (Lipinski definition) is 1. The molecule has 0 heterocycles. The van der Waals surface area contributed by atoms with Crippen LogP contribution in [0.2, 0.25) is 0 Å². The van der Waals surface area contributed by atoms with Gasteiger partial charge in [-0.3, -0.25) is 0 Å². The molecule has 2 rings (SSSR count). The van der Waals surface area contributed by atoms with Gasteiger partial charge < -0.3 is 9.90 Å². The lowest BCUT2D eigenvalue weighted by molar-refractivity contribution is -0.108. The number of rotatable bonds is 3. The number of aromatic hydroxyl groups is 1.